The smallest absolute Gasteiger partial charge is 0.222 e. The van der Waals surface area contributed by atoms with Crippen LogP contribution in [0.25, 0.3) is 0 Å². The molecule has 1 heterocycles. The van der Waals surface area contributed by atoms with Gasteiger partial charge in [0.05, 0.1) is 0 Å². The fourth-order valence-electron chi connectivity index (χ4n) is 2.98. The summed E-state index contributed by atoms with van der Waals surface area (Å²) in [6.07, 6.45) is 2.39. The highest BCUT2D eigenvalue weighted by molar-refractivity contribution is 5.79. The zero-order valence-corrected chi connectivity index (χ0v) is 15.0. The number of phenolic OH excluding ortho intramolecular Hbond substituents is 1. The van der Waals surface area contributed by atoms with Crippen LogP contribution >= 0.6 is 0 Å². The first kappa shape index (κ1) is 19.2. The lowest BCUT2D eigenvalue weighted by Crippen LogP contribution is -2.48. The summed E-state index contributed by atoms with van der Waals surface area (Å²) >= 11 is 0. The standard InChI is InChI=1S/C19H29N3O3/c1-2-9-20-18(24)7-4-8-19(25)22-12-10-21(11-13-22)15-16-5-3-6-17(23)14-16/h3,5-6,14,23H,2,4,7-13,15H2,1H3,(H,20,24). The van der Waals surface area contributed by atoms with Gasteiger partial charge >= 0.3 is 0 Å². The number of amides is 2. The number of aromatic hydroxyl groups is 1. The Morgan fingerprint density at radius 2 is 1.92 bits per heavy atom. The van der Waals surface area contributed by atoms with Crippen molar-refractivity contribution in [3.05, 3.63) is 29.8 Å². The largest absolute Gasteiger partial charge is 0.508 e. The van der Waals surface area contributed by atoms with Gasteiger partial charge in [0.25, 0.3) is 0 Å². The number of nitrogens with zero attached hydrogens (tertiary/aromatic N) is 2. The highest BCUT2D eigenvalue weighted by Crippen LogP contribution is 2.14. The molecule has 0 aliphatic carbocycles. The van der Waals surface area contributed by atoms with Crippen LogP contribution in [0.15, 0.2) is 24.3 Å². The number of carbonyl (C=O) groups is 2. The summed E-state index contributed by atoms with van der Waals surface area (Å²) in [6.45, 7) is 6.61. The molecule has 25 heavy (non-hydrogen) atoms. The highest BCUT2D eigenvalue weighted by Gasteiger charge is 2.21. The van der Waals surface area contributed by atoms with Crippen LogP contribution in [0, 0.1) is 0 Å². The van der Waals surface area contributed by atoms with Gasteiger partial charge in [-0.25, -0.2) is 0 Å². The van der Waals surface area contributed by atoms with Crippen molar-refractivity contribution in [2.75, 3.05) is 32.7 Å². The second kappa shape index (κ2) is 10.0. The van der Waals surface area contributed by atoms with Crippen molar-refractivity contribution in [1.82, 2.24) is 15.1 Å². The Labute approximate surface area is 149 Å². The number of benzene rings is 1. The van der Waals surface area contributed by atoms with E-state index in [0.717, 1.165) is 44.7 Å². The van der Waals surface area contributed by atoms with Crippen LogP contribution in [0.1, 0.15) is 38.2 Å². The van der Waals surface area contributed by atoms with Gasteiger partial charge in [-0.3, -0.25) is 14.5 Å². The average Bonchev–Trinajstić information content (AvgIpc) is 2.60. The zero-order chi connectivity index (χ0) is 18.1. The molecule has 2 N–H and O–H groups in total. The molecule has 1 aliphatic heterocycles. The molecule has 1 saturated heterocycles. The Hall–Kier alpha value is -2.08. The predicted octanol–water partition coefficient (Wildman–Crippen LogP) is 1.73. The second-order valence-electron chi connectivity index (χ2n) is 6.53. The van der Waals surface area contributed by atoms with E-state index >= 15 is 0 Å². The van der Waals surface area contributed by atoms with E-state index in [9.17, 15) is 14.7 Å². The molecule has 138 valence electrons. The molecule has 0 unspecified atom stereocenters. The van der Waals surface area contributed by atoms with Gasteiger partial charge in [0.15, 0.2) is 0 Å². The number of hydrogen-bond donors (Lipinski definition) is 2. The van der Waals surface area contributed by atoms with Crippen molar-refractivity contribution in [1.29, 1.82) is 0 Å². The van der Waals surface area contributed by atoms with E-state index in [1.54, 1.807) is 12.1 Å². The average molecular weight is 347 g/mol. The van der Waals surface area contributed by atoms with Crippen molar-refractivity contribution in [2.24, 2.45) is 0 Å². The molecule has 2 amide bonds. The lowest BCUT2D eigenvalue weighted by atomic mass is 10.1. The fourth-order valence-corrected chi connectivity index (χ4v) is 2.98. The Kier molecular flexibility index (Phi) is 7.73. The summed E-state index contributed by atoms with van der Waals surface area (Å²) in [5.41, 5.74) is 1.08. The number of hydrogen-bond acceptors (Lipinski definition) is 4. The summed E-state index contributed by atoms with van der Waals surface area (Å²) in [5, 5.41) is 12.4. The van der Waals surface area contributed by atoms with Crippen LogP contribution in [0.5, 0.6) is 5.75 Å². The Bertz CT molecular complexity index is 569. The molecule has 0 aromatic heterocycles. The molecule has 1 fully saturated rings. The summed E-state index contributed by atoms with van der Waals surface area (Å²) in [5.74, 6) is 0.458. The SMILES string of the molecule is CCCNC(=O)CCCC(=O)N1CCN(Cc2cccc(O)c2)CC1. The molecule has 0 radical (unpaired) electrons. The normalized spacial score (nSPS) is 15.2. The van der Waals surface area contributed by atoms with Crippen LogP contribution in [0.3, 0.4) is 0 Å². The van der Waals surface area contributed by atoms with Gasteiger partial charge in [-0.2, -0.15) is 0 Å². The number of phenols is 1. The van der Waals surface area contributed by atoms with E-state index in [1.807, 2.05) is 24.0 Å². The molecular formula is C19H29N3O3. The van der Waals surface area contributed by atoms with Gasteiger partial charge < -0.3 is 15.3 Å². The maximum absolute atomic E-state index is 12.2. The summed E-state index contributed by atoms with van der Waals surface area (Å²) in [7, 11) is 0. The van der Waals surface area contributed by atoms with E-state index in [4.69, 9.17) is 0 Å². The first-order chi connectivity index (χ1) is 12.1. The molecule has 0 spiro atoms. The molecular weight excluding hydrogens is 318 g/mol. The first-order valence-electron chi connectivity index (χ1n) is 9.13. The highest BCUT2D eigenvalue weighted by atomic mass is 16.3. The van der Waals surface area contributed by atoms with Crippen LogP contribution in [-0.4, -0.2) is 59.4 Å². The van der Waals surface area contributed by atoms with E-state index in [-0.39, 0.29) is 17.6 Å². The van der Waals surface area contributed by atoms with E-state index < -0.39 is 0 Å². The molecule has 0 bridgehead atoms. The van der Waals surface area contributed by atoms with Gasteiger partial charge in [0.1, 0.15) is 5.75 Å². The van der Waals surface area contributed by atoms with Crippen molar-refractivity contribution in [3.63, 3.8) is 0 Å². The third kappa shape index (κ3) is 6.74. The maximum Gasteiger partial charge on any atom is 0.222 e. The third-order valence-electron chi connectivity index (χ3n) is 4.41. The lowest BCUT2D eigenvalue weighted by Gasteiger charge is -2.34. The molecule has 0 atom stereocenters. The van der Waals surface area contributed by atoms with E-state index in [2.05, 4.69) is 10.2 Å². The number of rotatable bonds is 8. The third-order valence-corrected chi connectivity index (χ3v) is 4.41. The minimum Gasteiger partial charge on any atom is -0.508 e. The van der Waals surface area contributed by atoms with Gasteiger partial charge in [0, 0.05) is 52.1 Å². The van der Waals surface area contributed by atoms with Crippen molar-refractivity contribution in [3.8, 4) is 5.75 Å². The topological polar surface area (TPSA) is 72.9 Å². The second-order valence-corrected chi connectivity index (χ2v) is 6.53. The lowest BCUT2D eigenvalue weighted by molar-refractivity contribution is -0.133. The molecule has 6 nitrogen and oxygen atoms in total. The van der Waals surface area contributed by atoms with Crippen molar-refractivity contribution in [2.45, 2.75) is 39.2 Å². The summed E-state index contributed by atoms with van der Waals surface area (Å²) < 4.78 is 0. The van der Waals surface area contributed by atoms with Gasteiger partial charge in [-0.15, -0.1) is 0 Å². The minimum absolute atomic E-state index is 0.0329. The van der Waals surface area contributed by atoms with Crippen LogP contribution in [0.2, 0.25) is 0 Å². The number of carbonyl (C=O) groups excluding carboxylic acids is 2. The fraction of sp³-hybridized carbons (Fsp3) is 0.579. The van der Waals surface area contributed by atoms with Gasteiger partial charge in [-0.1, -0.05) is 19.1 Å². The molecule has 6 heteroatoms. The first-order valence-corrected chi connectivity index (χ1v) is 9.13. The number of nitrogens with one attached hydrogen (secondary N) is 1. The van der Waals surface area contributed by atoms with Gasteiger partial charge in [-0.05, 0) is 30.5 Å². The zero-order valence-electron chi connectivity index (χ0n) is 15.0. The maximum atomic E-state index is 12.2. The van der Waals surface area contributed by atoms with Crippen LogP contribution in [0.4, 0.5) is 0 Å². The van der Waals surface area contributed by atoms with E-state index in [0.29, 0.717) is 25.8 Å². The summed E-state index contributed by atoms with van der Waals surface area (Å²) in [6, 6.07) is 7.30. The van der Waals surface area contributed by atoms with Crippen LogP contribution < -0.4 is 5.32 Å². The predicted molar refractivity (Wildman–Crippen MR) is 97.1 cm³/mol. The van der Waals surface area contributed by atoms with Crippen LogP contribution in [-0.2, 0) is 16.1 Å². The summed E-state index contributed by atoms with van der Waals surface area (Å²) in [4.78, 5) is 28.0. The molecule has 1 aromatic rings. The Balaban J connectivity index is 1.65. The molecule has 1 aliphatic rings. The van der Waals surface area contributed by atoms with Crippen molar-refractivity contribution < 1.29 is 14.7 Å². The quantitative estimate of drug-likeness (QED) is 0.751. The Morgan fingerprint density at radius 1 is 1.16 bits per heavy atom. The van der Waals surface area contributed by atoms with Gasteiger partial charge in [0.2, 0.25) is 11.8 Å². The Morgan fingerprint density at radius 3 is 2.60 bits per heavy atom. The monoisotopic (exact) mass is 347 g/mol. The van der Waals surface area contributed by atoms with Crippen molar-refractivity contribution >= 4 is 11.8 Å². The van der Waals surface area contributed by atoms with E-state index in [1.165, 1.54) is 0 Å². The molecule has 1 aromatic carbocycles. The number of piperazine rings is 1. The minimum atomic E-state index is 0.0329. The molecule has 0 saturated carbocycles. The molecule has 2 rings (SSSR count).